The van der Waals surface area contributed by atoms with Gasteiger partial charge < -0.3 is 0 Å². The summed E-state index contributed by atoms with van der Waals surface area (Å²) in [6, 6.07) is 14.8. The van der Waals surface area contributed by atoms with Gasteiger partial charge >= 0.3 is 0 Å². The largest absolute Gasteiger partial charge is 0.272 e. The Kier molecular flexibility index (Phi) is 5.99. The zero-order valence-electron chi connectivity index (χ0n) is 18.3. The predicted octanol–water partition coefficient (Wildman–Crippen LogP) is 6.01. The fourth-order valence-electron chi connectivity index (χ4n) is 4.43. The molecule has 0 N–H and O–H groups in total. The first-order valence-corrected chi connectivity index (χ1v) is 12.3. The van der Waals surface area contributed by atoms with Crippen molar-refractivity contribution in [3.05, 3.63) is 125 Å². The lowest BCUT2D eigenvalue weighted by molar-refractivity contribution is 0.351. The summed E-state index contributed by atoms with van der Waals surface area (Å²) in [6.07, 6.45) is 6.53. The highest BCUT2D eigenvalue weighted by Gasteiger charge is 2.49. The van der Waals surface area contributed by atoms with Crippen LogP contribution in [-0.4, -0.2) is 18.6 Å². The highest BCUT2D eigenvalue weighted by molar-refractivity contribution is 7.89. The molecule has 184 valence electrons. The van der Waals surface area contributed by atoms with Crippen molar-refractivity contribution < 1.29 is 30.4 Å². The molecule has 3 aromatic carbocycles. The van der Waals surface area contributed by atoms with E-state index in [0.29, 0.717) is 15.4 Å². The van der Waals surface area contributed by atoms with E-state index < -0.39 is 62.0 Å². The van der Waals surface area contributed by atoms with E-state index >= 15 is 0 Å². The summed E-state index contributed by atoms with van der Waals surface area (Å²) in [7, 11) is -5.35. The molecule has 2 aliphatic rings. The van der Waals surface area contributed by atoms with Crippen LogP contribution in [0.25, 0.3) is 0 Å². The van der Waals surface area contributed by atoms with Gasteiger partial charge in [0.1, 0.15) is 11.9 Å². The first kappa shape index (κ1) is 23.9. The number of nitrogens with zero attached hydrogens (tertiary/aromatic N) is 2. The predicted molar refractivity (Wildman–Crippen MR) is 123 cm³/mol. The Hall–Kier alpha value is -3.79. The van der Waals surface area contributed by atoms with Gasteiger partial charge in [0.05, 0.1) is 12.0 Å². The lowest BCUT2D eigenvalue weighted by atomic mass is 9.95. The Morgan fingerprint density at radius 2 is 1.14 bits per heavy atom. The summed E-state index contributed by atoms with van der Waals surface area (Å²) in [4.78, 5) is 2.72. The lowest BCUT2D eigenvalue weighted by Crippen LogP contribution is -2.40. The number of benzene rings is 3. The van der Waals surface area contributed by atoms with E-state index in [2.05, 4.69) is 4.99 Å². The van der Waals surface area contributed by atoms with Crippen molar-refractivity contribution in [3.8, 4) is 0 Å². The standard InChI is InChI=1S/C26H17F5N2O2S/c27-18-19(28)21(30)25(22(31)20(18)29)36(34,35)33-24(16-11-5-2-6-12-16)23(15-9-3-1-4-10-15)32-26(33)17-13-7-8-14-17/h1-14,17,23-24H/t23-,24-/m1/s1. The molecule has 2 atom stereocenters. The maximum atomic E-state index is 14.8. The monoisotopic (exact) mass is 516 g/mol. The summed E-state index contributed by atoms with van der Waals surface area (Å²) in [5.41, 5.74) is 1.02. The second kappa shape index (κ2) is 9.02. The van der Waals surface area contributed by atoms with Crippen LogP contribution in [0.1, 0.15) is 23.2 Å². The van der Waals surface area contributed by atoms with Crippen molar-refractivity contribution in [1.82, 2.24) is 4.31 Å². The summed E-state index contributed by atoms with van der Waals surface area (Å²) >= 11 is 0. The van der Waals surface area contributed by atoms with E-state index in [1.54, 1.807) is 85.0 Å². The average Bonchev–Trinajstić information content (AvgIpc) is 3.56. The third-order valence-corrected chi connectivity index (χ3v) is 7.87. The Morgan fingerprint density at radius 3 is 1.67 bits per heavy atom. The van der Waals surface area contributed by atoms with Gasteiger partial charge in [0, 0.05) is 0 Å². The minimum absolute atomic E-state index is 0.105. The Morgan fingerprint density at radius 1 is 0.667 bits per heavy atom. The van der Waals surface area contributed by atoms with Crippen LogP contribution < -0.4 is 0 Å². The summed E-state index contributed by atoms with van der Waals surface area (Å²) in [6.45, 7) is 0. The second-order valence-corrected chi connectivity index (χ2v) is 9.95. The highest BCUT2D eigenvalue weighted by Crippen LogP contribution is 2.47. The smallest absolute Gasteiger partial charge is 0.260 e. The van der Waals surface area contributed by atoms with Crippen LogP contribution in [0.2, 0.25) is 0 Å². The molecule has 10 heteroatoms. The van der Waals surface area contributed by atoms with Gasteiger partial charge in [-0.3, -0.25) is 4.99 Å². The van der Waals surface area contributed by atoms with Gasteiger partial charge in [0.15, 0.2) is 28.2 Å². The Bertz CT molecular complexity index is 1480. The van der Waals surface area contributed by atoms with Crippen molar-refractivity contribution in [2.24, 2.45) is 10.9 Å². The molecule has 0 fully saturated rings. The molecule has 1 aliphatic carbocycles. The van der Waals surface area contributed by atoms with Gasteiger partial charge in [-0.25, -0.2) is 34.7 Å². The molecule has 36 heavy (non-hydrogen) atoms. The fraction of sp³-hybridized carbons (Fsp3) is 0.115. The van der Waals surface area contributed by atoms with E-state index in [0.717, 1.165) is 0 Å². The minimum Gasteiger partial charge on any atom is -0.260 e. The zero-order chi connectivity index (χ0) is 25.6. The lowest BCUT2D eigenvalue weighted by Gasteiger charge is -2.31. The Labute approximate surface area is 203 Å². The highest BCUT2D eigenvalue weighted by atomic mass is 32.2. The molecular weight excluding hydrogens is 499 g/mol. The van der Waals surface area contributed by atoms with Crippen LogP contribution in [0.4, 0.5) is 22.0 Å². The summed E-state index contributed by atoms with van der Waals surface area (Å²) in [5.74, 6) is -12.8. The number of rotatable bonds is 5. The molecule has 0 aromatic heterocycles. The molecule has 0 radical (unpaired) electrons. The van der Waals surface area contributed by atoms with Gasteiger partial charge in [-0.15, -0.1) is 0 Å². The first-order valence-electron chi connectivity index (χ1n) is 10.8. The van der Waals surface area contributed by atoms with Gasteiger partial charge in [-0.2, -0.15) is 0 Å². The maximum Gasteiger partial charge on any atom is 0.272 e. The molecule has 3 aromatic rings. The number of amidine groups is 1. The van der Waals surface area contributed by atoms with Gasteiger partial charge in [-0.1, -0.05) is 85.0 Å². The van der Waals surface area contributed by atoms with E-state index in [9.17, 15) is 30.4 Å². The quantitative estimate of drug-likeness (QED) is 0.237. The van der Waals surface area contributed by atoms with Crippen LogP contribution in [0.15, 0.2) is 94.9 Å². The van der Waals surface area contributed by atoms with Crippen molar-refractivity contribution in [2.75, 3.05) is 0 Å². The number of hydrogen-bond acceptors (Lipinski definition) is 3. The molecule has 4 nitrogen and oxygen atoms in total. The first-order chi connectivity index (χ1) is 17.2. The van der Waals surface area contributed by atoms with Crippen LogP contribution in [-0.2, 0) is 10.0 Å². The molecule has 5 rings (SSSR count). The normalized spacial score (nSPS) is 19.8. The SMILES string of the molecule is O=S(=O)(c1c(F)c(F)c(F)c(F)c1F)N1C(C2C=CC=C2)=N[C@H](c2ccccc2)[C@H]1c1ccccc1. The van der Waals surface area contributed by atoms with Crippen LogP contribution in [0.5, 0.6) is 0 Å². The number of hydrogen-bond donors (Lipinski definition) is 0. The van der Waals surface area contributed by atoms with Gasteiger partial charge in [0.25, 0.3) is 10.0 Å². The number of sulfonamides is 1. The molecule has 0 bridgehead atoms. The van der Waals surface area contributed by atoms with Crippen molar-refractivity contribution >= 4 is 15.9 Å². The number of halogens is 5. The molecule has 1 heterocycles. The molecule has 0 spiro atoms. The molecular formula is C26H17F5N2O2S. The zero-order valence-corrected chi connectivity index (χ0v) is 19.1. The van der Waals surface area contributed by atoms with E-state index in [-0.39, 0.29) is 5.84 Å². The average molecular weight is 516 g/mol. The fourth-order valence-corrected chi connectivity index (χ4v) is 6.21. The third kappa shape index (κ3) is 3.72. The van der Waals surface area contributed by atoms with Crippen molar-refractivity contribution in [2.45, 2.75) is 17.0 Å². The van der Waals surface area contributed by atoms with E-state index in [1.165, 1.54) is 0 Å². The molecule has 0 saturated heterocycles. The number of allylic oxidation sites excluding steroid dienone is 2. The molecule has 0 saturated carbocycles. The molecule has 1 aliphatic heterocycles. The summed E-state index contributed by atoms with van der Waals surface area (Å²) < 4.78 is 100.0. The van der Waals surface area contributed by atoms with E-state index in [4.69, 9.17) is 0 Å². The van der Waals surface area contributed by atoms with Gasteiger partial charge in [-0.05, 0) is 11.1 Å². The van der Waals surface area contributed by atoms with Crippen LogP contribution in [0.3, 0.4) is 0 Å². The van der Waals surface area contributed by atoms with Crippen LogP contribution >= 0.6 is 0 Å². The topological polar surface area (TPSA) is 49.7 Å². The second-order valence-electron chi connectivity index (χ2n) is 8.19. The minimum atomic E-state index is -5.35. The Balaban J connectivity index is 1.79. The molecule has 0 amide bonds. The third-order valence-electron chi connectivity index (χ3n) is 6.06. The van der Waals surface area contributed by atoms with E-state index in [1.807, 2.05) is 0 Å². The van der Waals surface area contributed by atoms with Gasteiger partial charge in [0.2, 0.25) is 5.82 Å². The number of aliphatic imine (C=N–C) groups is 1. The maximum absolute atomic E-state index is 14.8. The summed E-state index contributed by atoms with van der Waals surface area (Å²) in [5, 5.41) is 0. The van der Waals surface area contributed by atoms with Crippen LogP contribution in [0, 0.1) is 35.0 Å². The molecule has 0 unspecified atom stereocenters. The van der Waals surface area contributed by atoms with Crippen molar-refractivity contribution in [3.63, 3.8) is 0 Å². The van der Waals surface area contributed by atoms with Crippen molar-refractivity contribution in [1.29, 1.82) is 0 Å².